The van der Waals surface area contributed by atoms with Crippen LogP contribution in [0.5, 0.6) is 0 Å². The van der Waals surface area contributed by atoms with Gasteiger partial charge in [0, 0.05) is 10.6 Å². The molecule has 1 aliphatic rings. The van der Waals surface area contributed by atoms with Crippen LogP contribution in [0.25, 0.3) is 11.1 Å². The summed E-state index contributed by atoms with van der Waals surface area (Å²) < 4.78 is 5.67. The van der Waals surface area contributed by atoms with Crippen molar-refractivity contribution in [1.29, 1.82) is 0 Å². The number of nitrogens with zero attached hydrogens (tertiary/aromatic N) is 1. The van der Waals surface area contributed by atoms with Gasteiger partial charge in [0.2, 0.25) is 5.91 Å². The lowest BCUT2D eigenvalue weighted by molar-refractivity contribution is -0.113. The van der Waals surface area contributed by atoms with E-state index in [-0.39, 0.29) is 17.6 Å². The van der Waals surface area contributed by atoms with Crippen LogP contribution >= 0.6 is 23.1 Å². The van der Waals surface area contributed by atoms with Crippen LogP contribution in [0, 0.1) is 0 Å². The van der Waals surface area contributed by atoms with E-state index >= 15 is 0 Å². The van der Waals surface area contributed by atoms with Crippen LogP contribution in [0.4, 0.5) is 10.7 Å². The number of nitrogens with one attached hydrogen (secondary N) is 2. The van der Waals surface area contributed by atoms with E-state index < -0.39 is 0 Å². The molecule has 0 atom stereocenters. The number of rotatable bonds is 6. The van der Waals surface area contributed by atoms with Crippen LogP contribution in [0.1, 0.15) is 33.6 Å². The highest BCUT2D eigenvalue weighted by molar-refractivity contribution is 7.99. The van der Waals surface area contributed by atoms with Gasteiger partial charge in [-0.25, -0.2) is 4.98 Å². The van der Waals surface area contributed by atoms with Crippen LogP contribution in [0.15, 0.2) is 64.2 Å². The Bertz CT molecular complexity index is 1250. The van der Waals surface area contributed by atoms with Gasteiger partial charge in [-0.05, 0) is 55.5 Å². The number of amides is 2. The van der Waals surface area contributed by atoms with Crippen molar-refractivity contribution in [2.24, 2.45) is 0 Å². The lowest BCUT2D eigenvalue weighted by Crippen LogP contribution is -2.19. The molecule has 2 amide bonds. The Morgan fingerprint density at radius 2 is 1.78 bits per heavy atom. The fourth-order valence-corrected chi connectivity index (χ4v) is 5.75. The molecule has 32 heavy (non-hydrogen) atoms. The second kappa shape index (κ2) is 9.18. The molecule has 0 bridgehead atoms. The quantitative estimate of drug-likeness (QED) is 0.356. The maximum absolute atomic E-state index is 13.1. The first-order chi connectivity index (χ1) is 15.7. The van der Waals surface area contributed by atoms with Gasteiger partial charge in [-0.2, -0.15) is 0 Å². The monoisotopic (exact) mass is 463 g/mol. The van der Waals surface area contributed by atoms with E-state index in [1.807, 2.05) is 54.6 Å². The number of thioether (sulfide) groups is 1. The zero-order valence-corrected chi connectivity index (χ0v) is 18.9. The summed E-state index contributed by atoms with van der Waals surface area (Å²) in [5.41, 5.74) is 3.85. The van der Waals surface area contributed by atoms with Crippen molar-refractivity contribution in [3.63, 3.8) is 0 Å². The minimum absolute atomic E-state index is 0.148. The molecular formula is C24H21N3O3S2. The number of benzene rings is 2. The molecule has 162 valence electrons. The molecule has 0 fully saturated rings. The summed E-state index contributed by atoms with van der Waals surface area (Å²) >= 11 is 2.75. The van der Waals surface area contributed by atoms with Crippen molar-refractivity contribution in [3.05, 3.63) is 70.6 Å². The van der Waals surface area contributed by atoms with Crippen molar-refractivity contribution >= 4 is 56.7 Å². The summed E-state index contributed by atoms with van der Waals surface area (Å²) in [4.78, 5) is 31.4. The molecule has 0 spiro atoms. The molecule has 4 aromatic rings. The van der Waals surface area contributed by atoms with Gasteiger partial charge in [0.25, 0.3) is 11.1 Å². The average molecular weight is 464 g/mol. The molecule has 8 heteroatoms. The molecule has 1 aliphatic carbocycles. The lowest BCUT2D eigenvalue weighted by atomic mass is 9.95. The zero-order chi connectivity index (χ0) is 21.9. The molecule has 2 aromatic heterocycles. The molecule has 2 aromatic carbocycles. The first-order valence-electron chi connectivity index (χ1n) is 10.5. The highest BCUT2D eigenvalue weighted by Crippen LogP contribution is 2.38. The Hall–Kier alpha value is -3.10. The van der Waals surface area contributed by atoms with Crippen molar-refractivity contribution in [3.8, 4) is 0 Å². The third-order valence-corrected chi connectivity index (χ3v) is 7.32. The van der Waals surface area contributed by atoms with Gasteiger partial charge in [-0.15, -0.1) is 11.3 Å². The Labute approximate surface area is 193 Å². The number of para-hydroxylation sites is 3. The number of carbonyl (C=O) groups excluding carboxylic acids is 2. The predicted molar refractivity (Wildman–Crippen MR) is 129 cm³/mol. The van der Waals surface area contributed by atoms with Gasteiger partial charge in [0.1, 0.15) is 10.5 Å². The second-order valence-corrected chi connectivity index (χ2v) is 9.55. The SMILES string of the molecule is O=C(CSc1nc2ccccc2o1)Nc1sc2c(c1C(=O)Nc1ccccc1)CCCC2. The molecule has 2 N–H and O–H groups in total. The van der Waals surface area contributed by atoms with E-state index in [2.05, 4.69) is 15.6 Å². The summed E-state index contributed by atoms with van der Waals surface area (Å²) in [6, 6.07) is 16.9. The highest BCUT2D eigenvalue weighted by atomic mass is 32.2. The molecule has 2 heterocycles. The number of anilines is 2. The summed E-state index contributed by atoms with van der Waals surface area (Å²) in [7, 11) is 0. The van der Waals surface area contributed by atoms with Gasteiger partial charge >= 0.3 is 0 Å². The van der Waals surface area contributed by atoms with Crippen LogP contribution in [-0.2, 0) is 17.6 Å². The van der Waals surface area contributed by atoms with Crippen molar-refractivity contribution in [2.75, 3.05) is 16.4 Å². The standard InChI is InChI=1S/C24H21N3O3S2/c28-20(14-31-24-26-17-11-5-6-12-18(17)30-24)27-23-21(16-10-4-7-13-19(16)32-23)22(29)25-15-8-2-1-3-9-15/h1-3,5-6,8-9,11-12H,4,7,10,13-14H2,(H,25,29)(H,27,28). The third-order valence-electron chi connectivity index (χ3n) is 5.28. The van der Waals surface area contributed by atoms with Gasteiger partial charge in [0.05, 0.1) is 11.3 Å². The fourth-order valence-electron chi connectivity index (χ4n) is 3.81. The Balaban J connectivity index is 1.32. The van der Waals surface area contributed by atoms with Crippen molar-refractivity contribution < 1.29 is 14.0 Å². The number of thiophene rings is 1. The molecular weight excluding hydrogens is 442 g/mol. The minimum atomic E-state index is -0.190. The number of fused-ring (bicyclic) bond motifs is 2. The summed E-state index contributed by atoms with van der Waals surface area (Å²) in [5, 5.41) is 7.01. The van der Waals surface area contributed by atoms with E-state index in [0.29, 0.717) is 21.4 Å². The molecule has 0 radical (unpaired) electrons. The number of aryl methyl sites for hydroxylation is 1. The van der Waals surface area contributed by atoms with Crippen molar-refractivity contribution in [1.82, 2.24) is 4.98 Å². The summed E-state index contributed by atoms with van der Waals surface area (Å²) in [6.07, 6.45) is 3.96. The molecule has 0 unspecified atom stereocenters. The van der Waals surface area contributed by atoms with Crippen LogP contribution < -0.4 is 10.6 Å². The van der Waals surface area contributed by atoms with Gasteiger partial charge in [0.15, 0.2) is 5.58 Å². The first-order valence-corrected chi connectivity index (χ1v) is 12.3. The van der Waals surface area contributed by atoms with E-state index in [9.17, 15) is 9.59 Å². The zero-order valence-electron chi connectivity index (χ0n) is 17.2. The highest BCUT2D eigenvalue weighted by Gasteiger charge is 2.26. The topological polar surface area (TPSA) is 84.2 Å². The number of aromatic nitrogens is 1. The lowest BCUT2D eigenvalue weighted by Gasteiger charge is -2.13. The molecule has 0 saturated heterocycles. The minimum Gasteiger partial charge on any atom is -0.431 e. The molecule has 5 rings (SSSR count). The fraction of sp³-hybridized carbons (Fsp3) is 0.208. The molecule has 0 aliphatic heterocycles. The van der Waals surface area contributed by atoms with Crippen LogP contribution in [-0.4, -0.2) is 22.6 Å². The second-order valence-electron chi connectivity index (χ2n) is 7.52. The predicted octanol–water partition coefficient (Wildman–Crippen LogP) is 5.75. The van der Waals surface area contributed by atoms with Gasteiger partial charge in [-0.3, -0.25) is 9.59 Å². The normalized spacial score (nSPS) is 13.0. The molecule has 0 saturated carbocycles. The van der Waals surface area contributed by atoms with Crippen molar-refractivity contribution in [2.45, 2.75) is 30.9 Å². The van der Waals surface area contributed by atoms with E-state index in [1.54, 1.807) is 0 Å². The molecule has 6 nitrogen and oxygen atoms in total. The smallest absolute Gasteiger partial charge is 0.258 e. The summed E-state index contributed by atoms with van der Waals surface area (Å²) in [6.45, 7) is 0. The largest absolute Gasteiger partial charge is 0.431 e. The van der Waals surface area contributed by atoms with E-state index in [0.717, 1.165) is 42.5 Å². The first kappa shape index (κ1) is 20.8. The Morgan fingerprint density at radius 3 is 2.62 bits per heavy atom. The Kier molecular flexibility index (Phi) is 5.96. The number of hydrogen-bond donors (Lipinski definition) is 2. The average Bonchev–Trinajstić information content (AvgIpc) is 3.39. The Morgan fingerprint density at radius 1 is 1.00 bits per heavy atom. The van der Waals surface area contributed by atoms with Gasteiger partial charge in [-0.1, -0.05) is 42.1 Å². The summed E-state index contributed by atoms with van der Waals surface area (Å²) in [5.74, 6) is -0.225. The van der Waals surface area contributed by atoms with Crippen LogP contribution in [0.2, 0.25) is 0 Å². The van der Waals surface area contributed by atoms with E-state index in [4.69, 9.17) is 4.42 Å². The maximum atomic E-state index is 13.1. The number of oxazole rings is 1. The maximum Gasteiger partial charge on any atom is 0.258 e. The van der Waals surface area contributed by atoms with Gasteiger partial charge < -0.3 is 15.1 Å². The third kappa shape index (κ3) is 4.42. The number of carbonyl (C=O) groups is 2. The number of hydrogen-bond acceptors (Lipinski definition) is 6. The van der Waals surface area contributed by atoms with Crippen LogP contribution in [0.3, 0.4) is 0 Å². The van der Waals surface area contributed by atoms with E-state index in [1.165, 1.54) is 28.0 Å².